The highest BCUT2D eigenvalue weighted by molar-refractivity contribution is 6.04. The third-order valence-electron chi connectivity index (χ3n) is 2.84. The van der Waals surface area contributed by atoms with Gasteiger partial charge in [0.05, 0.1) is 0 Å². The van der Waals surface area contributed by atoms with Crippen LogP contribution in [0, 0.1) is 0 Å². The predicted octanol–water partition coefficient (Wildman–Crippen LogP) is -0.321. The molecular weight excluding hydrogens is 182 g/mol. The summed E-state index contributed by atoms with van der Waals surface area (Å²) in [6, 6.07) is -0.486. The number of carbonyl (C=O) groups is 2. The first-order valence-electron chi connectivity index (χ1n) is 5.04. The van der Waals surface area contributed by atoms with Crippen molar-refractivity contribution in [2.45, 2.75) is 31.8 Å². The quantitative estimate of drug-likeness (QED) is 0.566. The van der Waals surface area contributed by atoms with Crippen LogP contribution in [0.1, 0.15) is 19.8 Å². The molecule has 2 rings (SSSR count). The van der Waals surface area contributed by atoms with Gasteiger partial charge >= 0.3 is 6.03 Å². The molecule has 2 aliphatic rings. The van der Waals surface area contributed by atoms with Gasteiger partial charge in [-0.1, -0.05) is 0 Å². The molecule has 0 saturated carbocycles. The van der Waals surface area contributed by atoms with Crippen molar-refractivity contribution >= 4 is 11.9 Å². The lowest BCUT2D eigenvalue weighted by Crippen LogP contribution is -2.46. The smallest absolute Gasteiger partial charge is 0.325 e. The minimum atomic E-state index is -0.350. The number of imide groups is 1. The molecule has 2 aliphatic heterocycles. The number of hydrogen-bond donors (Lipinski definition) is 2. The number of urea groups is 1. The minimum Gasteiger partial charge on any atom is -0.326 e. The van der Waals surface area contributed by atoms with Crippen LogP contribution in [-0.2, 0) is 4.79 Å². The van der Waals surface area contributed by atoms with Crippen molar-refractivity contribution in [2.75, 3.05) is 13.1 Å². The number of rotatable bonds is 1. The van der Waals surface area contributed by atoms with Crippen LogP contribution >= 0.6 is 0 Å². The average molecular weight is 197 g/mol. The Morgan fingerprint density at radius 3 is 2.43 bits per heavy atom. The Bertz CT molecular complexity index is 261. The zero-order valence-electron chi connectivity index (χ0n) is 8.25. The fourth-order valence-electron chi connectivity index (χ4n) is 2.04. The maximum atomic E-state index is 11.6. The lowest BCUT2D eigenvalue weighted by atomic mass is 10.1. The van der Waals surface area contributed by atoms with Crippen molar-refractivity contribution in [3.05, 3.63) is 0 Å². The van der Waals surface area contributed by atoms with Crippen LogP contribution in [0.15, 0.2) is 0 Å². The van der Waals surface area contributed by atoms with Gasteiger partial charge in [0.15, 0.2) is 0 Å². The molecule has 0 bridgehead atoms. The molecule has 2 fully saturated rings. The van der Waals surface area contributed by atoms with Gasteiger partial charge < -0.3 is 10.6 Å². The summed E-state index contributed by atoms with van der Waals surface area (Å²) >= 11 is 0. The van der Waals surface area contributed by atoms with Crippen molar-refractivity contribution in [3.63, 3.8) is 0 Å². The van der Waals surface area contributed by atoms with Crippen molar-refractivity contribution in [3.8, 4) is 0 Å². The summed E-state index contributed by atoms with van der Waals surface area (Å²) in [5.41, 5.74) is 0. The fourth-order valence-corrected chi connectivity index (χ4v) is 2.04. The van der Waals surface area contributed by atoms with Gasteiger partial charge in [-0.05, 0) is 32.9 Å². The molecule has 5 heteroatoms. The molecule has 0 radical (unpaired) electrons. The van der Waals surface area contributed by atoms with E-state index in [9.17, 15) is 9.59 Å². The lowest BCUT2D eigenvalue weighted by molar-refractivity contribution is -0.129. The van der Waals surface area contributed by atoms with Gasteiger partial charge in [0.2, 0.25) is 0 Å². The molecule has 0 aromatic carbocycles. The number of hydrogen-bond acceptors (Lipinski definition) is 3. The number of nitrogens with zero attached hydrogens (tertiary/aromatic N) is 1. The van der Waals surface area contributed by atoms with Crippen LogP contribution in [-0.4, -0.2) is 42.0 Å². The zero-order chi connectivity index (χ0) is 10.1. The van der Waals surface area contributed by atoms with E-state index in [-0.39, 0.29) is 24.0 Å². The molecular formula is C9H15N3O2. The van der Waals surface area contributed by atoms with Gasteiger partial charge in [-0.15, -0.1) is 0 Å². The molecule has 78 valence electrons. The summed E-state index contributed by atoms with van der Waals surface area (Å²) in [6.07, 6.45) is 1.73. The summed E-state index contributed by atoms with van der Waals surface area (Å²) in [7, 11) is 0. The molecule has 0 aromatic heterocycles. The summed E-state index contributed by atoms with van der Waals surface area (Å²) in [4.78, 5) is 24.5. The van der Waals surface area contributed by atoms with E-state index in [4.69, 9.17) is 0 Å². The number of carbonyl (C=O) groups excluding carboxylic acids is 2. The molecule has 3 amide bonds. The summed E-state index contributed by atoms with van der Waals surface area (Å²) < 4.78 is 0. The SMILES string of the molecule is CC1NC(=O)N(C2CCNCC2)C1=O. The highest BCUT2D eigenvalue weighted by Crippen LogP contribution is 2.17. The molecule has 2 N–H and O–H groups in total. The maximum absolute atomic E-state index is 11.6. The van der Waals surface area contributed by atoms with Gasteiger partial charge in [0.25, 0.3) is 5.91 Å². The number of piperidine rings is 1. The van der Waals surface area contributed by atoms with E-state index in [1.807, 2.05) is 0 Å². The summed E-state index contributed by atoms with van der Waals surface area (Å²) in [6.45, 7) is 3.49. The maximum Gasteiger partial charge on any atom is 0.325 e. The van der Waals surface area contributed by atoms with E-state index < -0.39 is 0 Å². The van der Waals surface area contributed by atoms with E-state index in [2.05, 4.69) is 10.6 Å². The number of amides is 3. The minimum absolute atomic E-state index is 0.0816. The Hall–Kier alpha value is -1.10. The highest BCUT2D eigenvalue weighted by Gasteiger charge is 2.39. The third kappa shape index (κ3) is 1.48. The van der Waals surface area contributed by atoms with Crippen molar-refractivity contribution in [2.24, 2.45) is 0 Å². The van der Waals surface area contributed by atoms with Crippen LogP contribution in [0.4, 0.5) is 4.79 Å². The van der Waals surface area contributed by atoms with Gasteiger partial charge in [0.1, 0.15) is 6.04 Å². The van der Waals surface area contributed by atoms with Crippen LogP contribution in [0.5, 0.6) is 0 Å². The highest BCUT2D eigenvalue weighted by atomic mass is 16.2. The Morgan fingerprint density at radius 1 is 1.29 bits per heavy atom. The van der Waals surface area contributed by atoms with Gasteiger partial charge in [0, 0.05) is 6.04 Å². The second kappa shape index (κ2) is 3.57. The summed E-state index contributed by atoms with van der Waals surface area (Å²) in [5, 5.41) is 5.84. The topological polar surface area (TPSA) is 61.4 Å². The van der Waals surface area contributed by atoms with E-state index in [0.29, 0.717) is 0 Å². The lowest BCUT2D eigenvalue weighted by Gasteiger charge is -2.29. The van der Waals surface area contributed by atoms with E-state index >= 15 is 0 Å². The second-order valence-electron chi connectivity index (χ2n) is 3.86. The number of nitrogens with one attached hydrogen (secondary N) is 2. The Kier molecular flexibility index (Phi) is 2.41. The molecule has 14 heavy (non-hydrogen) atoms. The van der Waals surface area contributed by atoms with Gasteiger partial charge in [-0.3, -0.25) is 9.69 Å². The Balaban J connectivity index is 2.08. The van der Waals surface area contributed by atoms with Crippen LogP contribution < -0.4 is 10.6 Å². The molecule has 0 aromatic rings. The molecule has 2 heterocycles. The first kappa shape index (κ1) is 9.45. The van der Waals surface area contributed by atoms with Crippen molar-refractivity contribution in [1.29, 1.82) is 0 Å². The van der Waals surface area contributed by atoms with Crippen LogP contribution in [0.3, 0.4) is 0 Å². The molecule has 0 spiro atoms. The van der Waals surface area contributed by atoms with Crippen molar-refractivity contribution in [1.82, 2.24) is 15.5 Å². The van der Waals surface area contributed by atoms with Crippen LogP contribution in [0.2, 0.25) is 0 Å². The normalized spacial score (nSPS) is 29.5. The monoisotopic (exact) mass is 197 g/mol. The predicted molar refractivity (Wildman–Crippen MR) is 50.7 cm³/mol. The average Bonchev–Trinajstić information content (AvgIpc) is 2.43. The van der Waals surface area contributed by atoms with Gasteiger partial charge in [-0.2, -0.15) is 0 Å². The molecule has 1 atom stereocenters. The standard InChI is InChI=1S/C9H15N3O2/c1-6-8(13)12(9(14)11-6)7-2-4-10-5-3-7/h6-7,10H,2-5H2,1H3,(H,11,14). The Morgan fingerprint density at radius 2 is 1.93 bits per heavy atom. The van der Waals surface area contributed by atoms with E-state index in [0.717, 1.165) is 25.9 Å². The summed E-state index contributed by atoms with van der Waals surface area (Å²) in [5.74, 6) is -0.0816. The second-order valence-corrected chi connectivity index (χ2v) is 3.86. The fraction of sp³-hybridized carbons (Fsp3) is 0.778. The van der Waals surface area contributed by atoms with Crippen LogP contribution in [0.25, 0.3) is 0 Å². The molecule has 5 nitrogen and oxygen atoms in total. The largest absolute Gasteiger partial charge is 0.326 e. The first-order valence-corrected chi connectivity index (χ1v) is 5.04. The molecule has 0 aliphatic carbocycles. The third-order valence-corrected chi connectivity index (χ3v) is 2.84. The van der Waals surface area contributed by atoms with E-state index in [1.54, 1.807) is 6.92 Å². The molecule has 2 saturated heterocycles. The molecule has 1 unspecified atom stereocenters. The van der Waals surface area contributed by atoms with Crippen molar-refractivity contribution < 1.29 is 9.59 Å². The van der Waals surface area contributed by atoms with Gasteiger partial charge in [-0.25, -0.2) is 4.79 Å². The Labute approximate surface area is 82.8 Å². The van der Waals surface area contributed by atoms with E-state index in [1.165, 1.54) is 4.90 Å². The zero-order valence-corrected chi connectivity index (χ0v) is 8.25. The first-order chi connectivity index (χ1) is 6.70.